The molecule has 1 N–H and O–H groups in total. The van der Waals surface area contributed by atoms with Gasteiger partial charge in [0, 0.05) is 12.3 Å². The first-order valence-corrected chi connectivity index (χ1v) is 8.02. The minimum absolute atomic E-state index is 0.214. The van der Waals surface area contributed by atoms with Gasteiger partial charge in [-0.1, -0.05) is 48.6 Å². The van der Waals surface area contributed by atoms with Gasteiger partial charge >= 0.3 is 0 Å². The Kier molecular flexibility index (Phi) is 5.60. The highest BCUT2D eigenvalue weighted by Gasteiger charge is 2.04. The molecule has 0 fully saturated rings. The summed E-state index contributed by atoms with van der Waals surface area (Å²) < 4.78 is 13.8. The average molecular weight is 297 g/mol. The lowest BCUT2D eigenvalue weighted by Gasteiger charge is -2.01. The summed E-state index contributed by atoms with van der Waals surface area (Å²) in [7, 11) is 0. The predicted octanol–water partition coefficient (Wildman–Crippen LogP) is 4.18. The van der Waals surface area contributed by atoms with E-state index in [1.807, 2.05) is 0 Å². The summed E-state index contributed by atoms with van der Waals surface area (Å²) >= 11 is 3.31. The van der Waals surface area contributed by atoms with E-state index in [0.29, 0.717) is 6.54 Å². The second kappa shape index (κ2) is 7.45. The van der Waals surface area contributed by atoms with E-state index in [1.54, 1.807) is 35.2 Å². The number of hydrogen-bond donors (Lipinski definition) is 1. The number of aromatic nitrogens is 2. The molecule has 1 aromatic heterocycles. The van der Waals surface area contributed by atoms with Crippen LogP contribution in [0.25, 0.3) is 0 Å². The summed E-state index contributed by atoms with van der Waals surface area (Å²) in [5.74, 6) is 0.873. The van der Waals surface area contributed by atoms with Crippen molar-refractivity contribution >= 4 is 28.2 Å². The molecular weight excluding hydrogens is 281 g/mol. The lowest BCUT2D eigenvalue weighted by Crippen LogP contribution is -1.98. The van der Waals surface area contributed by atoms with E-state index in [4.69, 9.17) is 0 Å². The number of anilines is 1. The van der Waals surface area contributed by atoms with Crippen molar-refractivity contribution in [2.75, 3.05) is 11.1 Å². The van der Waals surface area contributed by atoms with Crippen LogP contribution in [0.1, 0.15) is 25.3 Å². The summed E-state index contributed by atoms with van der Waals surface area (Å²) in [6.45, 7) is 2.81. The fourth-order valence-electron chi connectivity index (χ4n) is 1.42. The summed E-state index contributed by atoms with van der Waals surface area (Å²) in [5.41, 5.74) is 1.02. The molecule has 0 saturated carbocycles. The van der Waals surface area contributed by atoms with Gasteiger partial charge in [-0.05, 0) is 24.1 Å². The fourth-order valence-corrected chi connectivity index (χ4v) is 3.33. The zero-order chi connectivity index (χ0) is 13.5. The van der Waals surface area contributed by atoms with E-state index in [0.717, 1.165) is 20.8 Å². The number of hydrogen-bond acceptors (Lipinski definition) is 5. The van der Waals surface area contributed by atoms with Gasteiger partial charge in [0.2, 0.25) is 5.13 Å². The molecule has 19 heavy (non-hydrogen) atoms. The van der Waals surface area contributed by atoms with Gasteiger partial charge in [0.05, 0.1) is 0 Å². The van der Waals surface area contributed by atoms with Crippen LogP contribution in [0.15, 0.2) is 28.6 Å². The first kappa shape index (κ1) is 14.3. The van der Waals surface area contributed by atoms with E-state index in [2.05, 4.69) is 22.4 Å². The maximum absolute atomic E-state index is 12.8. The number of nitrogens with one attached hydrogen (secondary N) is 1. The molecule has 0 bridgehead atoms. The Hall–Kier alpha value is -1.14. The Morgan fingerprint density at radius 2 is 2.05 bits per heavy atom. The third-order valence-corrected chi connectivity index (χ3v) is 4.59. The first-order chi connectivity index (χ1) is 9.28. The van der Waals surface area contributed by atoms with Gasteiger partial charge in [-0.25, -0.2) is 4.39 Å². The quantitative estimate of drug-likeness (QED) is 0.614. The van der Waals surface area contributed by atoms with E-state index in [9.17, 15) is 4.39 Å². The van der Waals surface area contributed by atoms with Crippen molar-refractivity contribution in [2.45, 2.75) is 30.6 Å². The van der Waals surface area contributed by atoms with Crippen molar-refractivity contribution in [3.05, 3.63) is 35.6 Å². The average Bonchev–Trinajstić information content (AvgIpc) is 2.86. The van der Waals surface area contributed by atoms with Gasteiger partial charge < -0.3 is 5.32 Å². The zero-order valence-corrected chi connectivity index (χ0v) is 12.4. The Morgan fingerprint density at radius 1 is 1.26 bits per heavy atom. The number of unbranched alkanes of at least 4 members (excludes halogenated alkanes) is 1. The Balaban J connectivity index is 1.81. The van der Waals surface area contributed by atoms with Crippen LogP contribution in [-0.2, 0) is 6.54 Å². The van der Waals surface area contributed by atoms with Crippen LogP contribution in [-0.4, -0.2) is 16.0 Å². The van der Waals surface area contributed by atoms with Gasteiger partial charge in [0.15, 0.2) is 4.34 Å². The van der Waals surface area contributed by atoms with Crippen molar-refractivity contribution in [3.8, 4) is 0 Å². The molecule has 0 aliphatic carbocycles. The van der Waals surface area contributed by atoms with Crippen molar-refractivity contribution in [1.29, 1.82) is 0 Å². The molecule has 0 unspecified atom stereocenters. The van der Waals surface area contributed by atoms with Gasteiger partial charge in [-0.15, -0.1) is 10.2 Å². The summed E-state index contributed by atoms with van der Waals surface area (Å²) in [6.07, 6.45) is 2.39. The molecule has 2 aromatic rings. The van der Waals surface area contributed by atoms with E-state index >= 15 is 0 Å². The second-order valence-electron chi connectivity index (χ2n) is 4.06. The number of halogens is 1. The smallest absolute Gasteiger partial charge is 0.206 e. The molecule has 2 rings (SSSR count). The third-order valence-electron chi connectivity index (χ3n) is 2.49. The topological polar surface area (TPSA) is 37.8 Å². The molecule has 1 aromatic carbocycles. The largest absolute Gasteiger partial charge is 0.356 e. The molecule has 0 aliphatic rings. The third kappa shape index (κ3) is 4.80. The summed E-state index contributed by atoms with van der Waals surface area (Å²) in [4.78, 5) is 0. The van der Waals surface area contributed by atoms with Crippen molar-refractivity contribution in [1.82, 2.24) is 10.2 Å². The van der Waals surface area contributed by atoms with Gasteiger partial charge in [0.25, 0.3) is 0 Å². The highest BCUT2D eigenvalue weighted by atomic mass is 32.2. The normalized spacial score (nSPS) is 10.6. The highest BCUT2D eigenvalue weighted by molar-refractivity contribution is 8.01. The lowest BCUT2D eigenvalue weighted by atomic mass is 10.2. The fraction of sp³-hybridized carbons (Fsp3) is 0.385. The van der Waals surface area contributed by atoms with Crippen molar-refractivity contribution < 1.29 is 4.39 Å². The minimum atomic E-state index is -0.214. The Labute approximate surface area is 120 Å². The minimum Gasteiger partial charge on any atom is -0.356 e. The van der Waals surface area contributed by atoms with Gasteiger partial charge in [-0.3, -0.25) is 0 Å². The van der Waals surface area contributed by atoms with Crippen LogP contribution in [0.2, 0.25) is 0 Å². The summed E-state index contributed by atoms with van der Waals surface area (Å²) in [5, 5.41) is 12.2. The second-order valence-corrected chi connectivity index (χ2v) is 6.37. The molecule has 6 heteroatoms. The molecule has 0 aliphatic heterocycles. The molecule has 0 spiro atoms. The molecule has 0 amide bonds. The first-order valence-electron chi connectivity index (χ1n) is 6.22. The molecule has 3 nitrogen and oxygen atoms in total. The van der Waals surface area contributed by atoms with Crippen LogP contribution in [0.4, 0.5) is 9.52 Å². The van der Waals surface area contributed by atoms with Gasteiger partial charge in [0.1, 0.15) is 5.82 Å². The van der Waals surface area contributed by atoms with E-state index in [1.165, 1.54) is 25.0 Å². The van der Waals surface area contributed by atoms with Crippen LogP contribution in [0.5, 0.6) is 0 Å². The molecule has 0 atom stereocenters. The van der Waals surface area contributed by atoms with E-state index in [-0.39, 0.29) is 5.82 Å². The standard InChI is InChI=1S/C13H16FN3S2/c1-2-3-8-18-13-17-16-12(19-13)15-9-10-4-6-11(14)7-5-10/h4-7H,2-3,8-9H2,1H3,(H,15,16). The molecule has 102 valence electrons. The highest BCUT2D eigenvalue weighted by Crippen LogP contribution is 2.26. The monoisotopic (exact) mass is 297 g/mol. The van der Waals surface area contributed by atoms with E-state index < -0.39 is 0 Å². The van der Waals surface area contributed by atoms with Crippen LogP contribution in [0.3, 0.4) is 0 Å². The van der Waals surface area contributed by atoms with Gasteiger partial charge in [-0.2, -0.15) is 0 Å². The molecule has 0 radical (unpaired) electrons. The maximum atomic E-state index is 12.8. The summed E-state index contributed by atoms with van der Waals surface area (Å²) in [6, 6.07) is 6.45. The van der Waals surface area contributed by atoms with Crippen LogP contribution < -0.4 is 5.32 Å². The predicted molar refractivity (Wildman–Crippen MR) is 79.3 cm³/mol. The van der Waals surface area contributed by atoms with Crippen LogP contribution in [0, 0.1) is 5.82 Å². The van der Waals surface area contributed by atoms with Crippen molar-refractivity contribution in [2.24, 2.45) is 0 Å². The Morgan fingerprint density at radius 3 is 2.79 bits per heavy atom. The number of benzene rings is 1. The zero-order valence-electron chi connectivity index (χ0n) is 10.7. The Bertz CT molecular complexity index is 499. The number of nitrogens with zero attached hydrogens (tertiary/aromatic N) is 2. The molecule has 0 saturated heterocycles. The number of rotatable bonds is 7. The maximum Gasteiger partial charge on any atom is 0.206 e. The number of thioether (sulfide) groups is 1. The molecular formula is C13H16FN3S2. The van der Waals surface area contributed by atoms with Crippen LogP contribution >= 0.6 is 23.1 Å². The molecule has 1 heterocycles. The SMILES string of the molecule is CCCCSc1nnc(NCc2ccc(F)cc2)s1. The van der Waals surface area contributed by atoms with Crippen molar-refractivity contribution in [3.63, 3.8) is 0 Å². The lowest BCUT2D eigenvalue weighted by molar-refractivity contribution is 0.627.